The number of nitrogens with zero attached hydrogens (tertiary/aromatic N) is 3. The minimum atomic E-state index is -0.0372. The highest BCUT2D eigenvalue weighted by molar-refractivity contribution is 7.13. The zero-order valence-electron chi connectivity index (χ0n) is 12.0. The summed E-state index contributed by atoms with van der Waals surface area (Å²) < 4.78 is 1.99. The number of aliphatic hydroxyl groups is 1. The summed E-state index contributed by atoms with van der Waals surface area (Å²) >= 11 is 7.45. The van der Waals surface area contributed by atoms with Crippen LogP contribution in [0.25, 0.3) is 27.5 Å². The molecule has 0 amide bonds. The van der Waals surface area contributed by atoms with Crippen LogP contribution in [0.1, 0.15) is 5.69 Å². The third-order valence-electron chi connectivity index (χ3n) is 3.55. The van der Waals surface area contributed by atoms with Gasteiger partial charge in [-0.2, -0.15) is 0 Å². The molecule has 1 aromatic carbocycles. The summed E-state index contributed by atoms with van der Waals surface area (Å²) in [5, 5.41) is 12.6. The van der Waals surface area contributed by atoms with Crippen molar-refractivity contribution in [2.24, 2.45) is 0 Å². The lowest BCUT2D eigenvalue weighted by Crippen LogP contribution is -1.86. The number of rotatable bonds is 3. The van der Waals surface area contributed by atoms with E-state index in [-0.39, 0.29) is 6.61 Å². The van der Waals surface area contributed by atoms with Gasteiger partial charge in [0.2, 0.25) is 0 Å². The molecule has 0 bridgehead atoms. The van der Waals surface area contributed by atoms with Gasteiger partial charge in [0.05, 0.1) is 18.0 Å². The van der Waals surface area contributed by atoms with Crippen LogP contribution in [0.3, 0.4) is 0 Å². The van der Waals surface area contributed by atoms with Crippen molar-refractivity contribution in [2.75, 3.05) is 0 Å². The van der Waals surface area contributed by atoms with Gasteiger partial charge in [-0.05, 0) is 24.3 Å². The fraction of sp³-hybridized carbons (Fsp3) is 0.0588. The number of fused-ring (bicyclic) bond motifs is 1. The van der Waals surface area contributed by atoms with E-state index in [2.05, 4.69) is 9.97 Å². The Kier molecular flexibility index (Phi) is 3.61. The predicted molar refractivity (Wildman–Crippen MR) is 92.7 cm³/mol. The maximum absolute atomic E-state index is 9.14. The molecule has 0 fully saturated rings. The first-order valence-electron chi connectivity index (χ1n) is 7.03. The van der Waals surface area contributed by atoms with Gasteiger partial charge in [0, 0.05) is 33.9 Å². The van der Waals surface area contributed by atoms with Gasteiger partial charge < -0.3 is 9.51 Å². The van der Waals surface area contributed by atoms with Crippen LogP contribution in [0.2, 0.25) is 5.02 Å². The second-order valence-electron chi connectivity index (χ2n) is 5.12. The molecular weight excluding hydrogens is 330 g/mol. The summed E-state index contributed by atoms with van der Waals surface area (Å²) in [6.45, 7) is -0.0372. The van der Waals surface area contributed by atoms with Gasteiger partial charge >= 0.3 is 0 Å². The fourth-order valence-electron chi connectivity index (χ4n) is 2.39. The Morgan fingerprint density at radius 2 is 1.78 bits per heavy atom. The van der Waals surface area contributed by atoms with Crippen molar-refractivity contribution in [3.05, 3.63) is 64.9 Å². The van der Waals surface area contributed by atoms with E-state index >= 15 is 0 Å². The zero-order chi connectivity index (χ0) is 15.8. The quantitative estimate of drug-likeness (QED) is 0.605. The Bertz CT molecular complexity index is 975. The van der Waals surface area contributed by atoms with Crippen molar-refractivity contribution in [1.82, 2.24) is 14.4 Å². The third-order valence-corrected chi connectivity index (χ3v) is 4.74. The monoisotopic (exact) mass is 341 g/mol. The summed E-state index contributed by atoms with van der Waals surface area (Å²) in [7, 11) is 0. The number of benzene rings is 1. The molecule has 1 N–H and O–H groups in total. The van der Waals surface area contributed by atoms with Gasteiger partial charge in [0.25, 0.3) is 0 Å². The largest absolute Gasteiger partial charge is 0.390 e. The second-order valence-corrected chi connectivity index (χ2v) is 6.41. The van der Waals surface area contributed by atoms with Crippen LogP contribution in [0.4, 0.5) is 0 Å². The topological polar surface area (TPSA) is 50.4 Å². The van der Waals surface area contributed by atoms with Crippen molar-refractivity contribution in [3.63, 3.8) is 0 Å². The molecule has 0 spiro atoms. The third kappa shape index (κ3) is 2.74. The van der Waals surface area contributed by atoms with Crippen LogP contribution in [0.5, 0.6) is 0 Å². The number of imidazole rings is 1. The molecular formula is C17H12ClN3OS. The van der Waals surface area contributed by atoms with E-state index in [1.54, 1.807) is 0 Å². The van der Waals surface area contributed by atoms with Crippen LogP contribution in [-0.4, -0.2) is 19.5 Å². The highest BCUT2D eigenvalue weighted by Gasteiger charge is 2.08. The Hall–Kier alpha value is -2.21. The van der Waals surface area contributed by atoms with E-state index < -0.39 is 0 Å². The van der Waals surface area contributed by atoms with Gasteiger partial charge in [0.1, 0.15) is 10.7 Å². The number of hydrogen-bond acceptors (Lipinski definition) is 4. The molecule has 4 nitrogen and oxygen atoms in total. The molecule has 4 rings (SSSR count). The van der Waals surface area contributed by atoms with Gasteiger partial charge in [-0.25, -0.2) is 9.97 Å². The van der Waals surface area contributed by atoms with Crippen molar-refractivity contribution in [1.29, 1.82) is 0 Å². The van der Waals surface area contributed by atoms with Crippen LogP contribution in [-0.2, 0) is 6.61 Å². The van der Waals surface area contributed by atoms with Crippen LogP contribution < -0.4 is 0 Å². The van der Waals surface area contributed by atoms with Crippen molar-refractivity contribution >= 4 is 28.6 Å². The number of hydrogen-bond donors (Lipinski definition) is 1. The molecule has 0 saturated carbocycles. The lowest BCUT2D eigenvalue weighted by molar-refractivity contribution is 0.278. The molecule has 0 aliphatic rings. The van der Waals surface area contributed by atoms with Gasteiger partial charge in [-0.3, -0.25) is 0 Å². The fourth-order valence-corrected chi connectivity index (χ4v) is 3.32. The molecule has 0 atom stereocenters. The zero-order valence-corrected chi connectivity index (χ0v) is 13.6. The number of aliphatic hydroxyl groups excluding tert-OH is 1. The summed E-state index contributed by atoms with van der Waals surface area (Å²) in [6.07, 6.45) is 3.99. The smallest absolute Gasteiger partial charge is 0.137 e. The summed E-state index contributed by atoms with van der Waals surface area (Å²) in [4.78, 5) is 9.03. The lowest BCUT2D eigenvalue weighted by Gasteiger charge is -1.98. The van der Waals surface area contributed by atoms with E-state index in [4.69, 9.17) is 16.7 Å². The summed E-state index contributed by atoms with van der Waals surface area (Å²) in [5.41, 5.74) is 4.49. The van der Waals surface area contributed by atoms with E-state index in [9.17, 15) is 0 Å². The van der Waals surface area contributed by atoms with Gasteiger partial charge in [0.15, 0.2) is 0 Å². The molecule has 3 aromatic heterocycles. The summed E-state index contributed by atoms with van der Waals surface area (Å²) in [5.74, 6) is 0. The predicted octanol–water partition coefficient (Wildman–Crippen LogP) is 4.27. The highest BCUT2D eigenvalue weighted by Crippen LogP contribution is 2.26. The molecule has 23 heavy (non-hydrogen) atoms. The lowest BCUT2D eigenvalue weighted by atomic mass is 10.2. The van der Waals surface area contributed by atoms with Gasteiger partial charge in [-0.15, -0.1) is 11.3 Å². The van der Waals surface area contributed by atoms with Crippen molar-refractivity contribution < 1.29 is 5.11 Å². The molecule has 0 aliphatic heterocycles. The maximum atomic E-state index is 9.14. The highest BCUT2D eigenvalue weighted by atomic mass is 35.5. The molecule has 0 saturated heterocycles. The Labute approximate surface area is 141 Å². The van der Waals surface area contributed by atoms with Crippen LogP contribution in [0, 0.1) is 0 Å². The number of aromatic nitrogens is 3. The molecule has 6 heteroatoms. The minimum Gasteiger partial charge on any atom is -0.390 e. The first-order chi connectivity index (χ1) is 11.2. The van der Waals surface area contributed by atoms with E-state index in [0.717, 1.165) is 27.5 Å². The summed E-state index contributed by atoms with van der Waals surface area (Å²) in [6, 6.07) is 11.6. The minimum absolute atomic E-state index is 0.0372. The standard InChI is InChI=1S/C17H12ClN3OS/c18-13-4-1-11(2-5-13)15-8-21-7-12(3-6-16(21)20-15)17-19-14(9-22)10-23-17/h1-8,10,22H,9H2. The molecule has 3 heterocycles. The number of pyridine rings is 1. The molecule has 0 radical (unpaired) electrons. The number of halogens is 1. The first kappa shape index (κ1) is 14.4. The molecule has 114 valence electrons. The van der Waals surface area contributed by atoms with E-state index in [1.165, 1.54) is 11.3 Å². The molecule has 0 unspecified atom stereocenters. The molecule has 4 aromatic rings. The Morgan fingerprint density at radius 1 is 1.00 bits per heavy atom. The van der Waals surface area contributed by atoms with Crippen LogP contribution in [0.15, 0.2) is 54.2 Å². The second kappa shape index (κ2) is 5.77. The SMILES string of the molecule is OCc1csc(-c2ccc3nc(-c4ccc(Cl)cc4)cn3c2)n1. The van der Waals surface area contributed by atoms with Crippen molar-refractivity contribution in [2.45, 2.75) is 6.61 Å². The number of thiazole rings is 1. The Morgan fingerprint density at radius 3 is 2.52 bits per heavy atom. The van der Waals surface area contributed by atoms with Crippen molar-refractivity contribution in [3.8, 4) is 21.8 Å². The Balaban J connectivity index is 1.75. The normalized spacial score (nSPS) is 11.2. The van der Waals surface area contributed by atoms with E-state index in [0.29, 0.717) is 10.7 Å². The average Bonchev–Trinajstić information content (AvgIpc) is 3.21. The van der Waals surface area contributed by atoms with E-state index in [1.807, 2.05) is 58.6 Å². The first-order valence-corrected chi connectivity index (χ1v) is 8.29. The molecule has 0 aliphatic carbocycles. The van der Waals surface area contributed by atoms with Crippen LogP contribution >= 0.6 is 22.9 Å². The van der Waals surface area contributed by atoms with Gasteiger partial charge in [-0.1, -0.05) is 23.7 Å². The average molecular weight is 342 g/mol. The maximum Gasteiger partial charge on any atom is 0.137 e.